The quantitative estimate of drug-likeness (QED) is 0.0695. The summed E-state index contributed by atoms with van der Waals surface area (Å²) in [6.07, 6.45) is 0. The summed E-state index contributed by atoms with van der Waals surface area (Å²) in [6.45, 7) is 0.972. The number of hydrogen-bond acceptors (Lipinski definition) is 2. The number of carboxylic acid groups (broad SMARTS) is 1. The molecule has 0 N–H and O–H groups in total. The molecule has 0 atom stereocenters. The SMILES string of the molecule is CC(=O)[O-].F[P-](F)(F)(F)(F)F.[Ru+2].c1ccc([PH+](C[PH+](c2ccccc2)c2ccccc2)c2ccccc2)cc1.c1ccc([PH+](C[PH+](c2ccccc2)c2ccccc2)c2ccccc2)cc1. The summed E-state index contributed by atoms with van der Waals surface area (Å²) in [5.41, 5.74) is 0. The largest absolute Gasteiger partial charge is 2.00 e. The zero-order valence-electron chi connectivity index (χ0n) is 35.9. The van der Waals surface area contributed by atoms with Gasteiger partial charge in [0.2, 0.25) is 0 Å². The van der Waals surface area contributed by atoms with Crippen molar-refractivity contribution in [3.05, 3.63) is 243 Å². The van der Waals surface area contributed by atoms with Crippen molar-refractivity contribution in [3.63, 3.8) is 0 Å². The van der Waals surface area contributed by atoms with E-state index in [0.29, 0.717) is 0 Å². The van der Waals surface area contributed by atoms with Crippen molar-refractivity contribution in [1.82, 2.24) is 0 Å². The third-order valence-corrected chi connectivity index (χ3v) is 23.6. The number of benzene rings is 8. The second-order valence-electron chi connectivity index (χ2n) is 14.6. The molecule has 14 heteroatoms. The number of hydrogen-bond donors (Lipinski definition) is 0. The molecular formula is C52H51F6O2P5Ru+4. The van der Waals surface area contributed by atoms with Crippen LogP contribution in [0.1, 0.15) is 6.92 Å². The summed E-state index contributed by atoms with van der Waals surface area (Å²) in [5.74, 6) is 1.41. The van der Waals surface area contributed by atoms with Crippen molar-refractivity contribution >= 4 is 87.9 Å². The number of rotatable bonds is 12. The van der Waals surface area contributed by atoms with Crippen molar-refractivity contribution in [2.24, 2.45) is 0 Å². The fraction of sp³-hybridized carbons (Fsp3) is 0.0577. The third kappa shape index (κ3) is 20.6. The van der Waals surface area contributed by atoms with Crippen LogP contribution in [-0.4, -0.2) is 17.8 Å². The predicted octanol–water partition coefficient (Wildman–Crippen LogP) is 11.5. The molecular weight excluding hydrogens is 1030 g/mol. The van der Waals surface area contributed by atoms with Gasteiger partial charge in [0, 0.05) is 5.97 Å². The van der Waals surface area contributed by atoms with Crippen molar-refractivity contribution in [3.8, 4) is 0 Å². The molecule has 0 fully saturated rings. The van der Waals surface area contributed by atoms with Gasteiger partial charge < -0.3 is 9.90 Å². The van der Waals surface area contributed by atoms with Crippen molar-refractivity contribution < 1.29 is 54.6 Å². The molecule has 8 aromatic rings. The third-order valence-electron chi connectivity index (χ3n) is 9.69. The van der Waals surface area contributed by atoms with E-state index in [2.05, 4.69) is 243 Å². The van der Waals surface area contributed by atoms with Crippen LogP contribution in [0.3, 0.4) is 0 Å². The van der Waals surface area contributed by atoms with Gasteiger partial charge in [0.05, 0.1) is 0 Å². The molecule has 0 aliphatic heterocycles. The van der Waals surface area contributed by atoms with Gasteiger partial charge in [-0.2, -0.15) is 0 Å². The van der Waals surface area contributed by atoms with Crippen LogP contribution in [0.2, 0.25) is 0 Å². The van der Waals surface area contributed by atoms with E-state index >= 15 is 0 Å². The van der Waals surface area contributed by atoms with E-state index in [-0.39, 0.29) is 19.5 Å². The van der Waals surface area contributed by atoms with Crippen LogP contribution in [0.25, 0.3) is 0 Å². The molecule has 0 heterocycles. The van der Waals surface area contributed by atoms with Crippen molar-refractivity contribution in [1.29, 1.82) is 0 Å². The summed E-state index contributed by atoms with van der Waals surface area (Å²) in [5, 5.41) is 20.9. The van der Waals surface area contributed by atoms with Gasteiger partial charge in [0.1, 0.15) is 74.1 Å². The maximum Gasteiger partial charge on any atom is 2.00 e. The molecule has 0 saturated heterocycles. The number of aliphatic carboxylic acids is 1. The van der Waals surface area contributed by atoms with Crippen molar-refractivity contribution in [2.75, 3.05) is 11.8 Å². The smallest absolute Gasteiger partial charge is 0.0620 e. The Morgan fingerprint density at radius 3 is 0.515 bits per heavy atom. The molecule has 0 amide bonds. The number of carbonyl (C=O) groups excluding carboxylic acids is 1. The normalized spacial score (nSPS) is 11.9. The van der Waals surface area contributed by atoms with Gasteiger partial charge in [-0.15, -0.1) is 0 Å². The van der Waals surface area contributed by atoms with Gasteiger partial charge in [0.15, 0.2) is 11.8 Å². The van der Waals surface area contributed by atoms with Gasteiger partial charge in [-0.1, -0.05) is 146 Å². The van der Waals surface area contributed by atoms with E-state index < -0.39 is 45.5 Å². The van der Waals surface area contributed by atoms with E-state index in [1.165, 1.54) is 54.2 Å². The van der Waals surface area contributed by atoms with Gasteiger partial charge in [0.25, 0.3) is 0 Å². The minimum absolute atomic E-state index is 0. The molecule has 8 aromatic carbocycles. The first kappa shape index (κ1) is 54.2. The van der Waals surface area contributed by atoms with E-state index in [9.17, 15) is 25.2 Å². The predicted molar refractivity (Wildman–Crippen MR) is 276 cm³/mol. The molecule has 0 bridgehead atoms. The van der Waals surface area contributed by atoms with Gasteiger partial charge >= 0.3 is 52.5 Å². The molecule has 0 aromatic heterocycles. The molecule has 0 spiro atoms. The second kappa shape index (κ2) is 25.6. The number of carboxylic acids is 1. The van der Waals surface area contributed by atoms with E-state index in [1.54, 1.807) is 0 Å². The zero-order valence-corrected chi connectivity index (χ0v) is 42.5. The average Bonchev–Trinajstić information content (AvgIpc) is 3.31. The zero-order chi connectivity index (χ0) is 46.6. The van der Waals surface area contributed by atoms with E-state index in [4.69, 9.17) is 9.90 Å². The van der Waals surface area contributed by atoms with Crippen LogP contribution in [0.15, 0.2) is 243 Å². The first-order valence-corrected chi connectivity index (χ1v) is 29.5. The fourth-order valence-electron chi connectivity index (χ4n) is 6.95. The molecule has 0 aliphatic rings. The number of halogens is 6. The second-order valence-corrected chi connectivity index (χ2v) is 27.8. The monoisotopic (exact) mass is 1080 g/mol. The Morgan fingerprint density at radius 2 is 0.424 bits per heavy atom. The molecule has 66 heavy (non-hydrogen) atoms. The Hall–Kier alpha value is -4.42. The summed E-state index contributed by atoms with van der Waals surface area (Å²) >= 11 is 0. The molecule has 0 radical (unpaired) electrons. The minimum atomic E-state index is -10.7. The maximum atomic E-state index is 9.87. The topological polar surface area (TPSA) is 40.1 Å². The minimum Gasteiger partial charge on any atom is -0.0620 e. The van der Waals surface area contributed by atoms with Gasteiger partial charge in [-0.25, -0.2) is 0 Å². The molecule has 0 aliphatic carbocycles. The first-order chi connectivity index (χ1) is 31.0. The summed E-state index contributed by atoms with van der Waals surface area (Å²) < 4.78 is 59.2. The van der Waals surface area contributed by atoms with Crippen LogP contribution in [0.4, 0.5) is 25.2 Å². The Bertz CT molecular complexity index is 2080. The standard InChI is InChI=1S/2C25H22P2.C2H4O2.F6P.Ru/c2*1-5-13-22(14-6-1)26(23-15-7-2-8-16-23)21-27(24-17-9-3-10-18-24)25-19-11-4-12-20-25;1-2(3)4;1-7(2,3,4,5)6;/h2*1-20H,21H2;1H3,(H,3,4);;/q;;;-1;+2/p+3. The van der Waals surface area contributed by atoms with E-state index in [1.807, 2.05) is 0 Å². The summed E-state index contributed by atoms with van der Waals surface area (Å²) in [6, 6.07) is 88.9. The molecule has 0 unspecified atom stereocenters. The first-order valence-electron chi connectivity index (χ1n) is 20.6. The Kier molecular flexibility index (Phi) is 21.1. The fourth-order valence-corrected chi connectivity index (χ4v) is 22.4. The summed E-state index contributed by atoms with van der Waals surface area (Å²) in [4.78, 5) is 8.89. The molecule has 2 nitrogen and oxygen atoms in total. The Labute approximate surface area is 401 Å². The van der Waals surface area contributed by atoms with Gasteiger partial charge in [-0.05, 0) is 104 Å². The summed E-state index contributed by atoms with van der Waals surface area (Å²) in [7, 11) is -14.0. The van der Waals surface area contributed by atoms with Gasteiger partial charge in [-0.3, -0.25) is 0 Å². The average molecular weight is 1080 g/mol. The Balaban J connectivity index is 0.000000233. The molecule has 342 valence electrons. The van der Waals surface area contributed by atoms with Crippen molar-refractivity contribution in [2.45, 2.75) is 6.92 Å². The van der Waals surface area contributed by atoms with Crippen LogP contribution < -0.4 is 47.5 Å². The molecule has 8 rings (SSSR count). The van der Waals surface area contributed by atoms with Crippen LogP contribution in [-0.2, 0) is 24.3 Å². The Morgan fingerprint density at radius 1 is 0.333 bits per heavy atom. The maximum absolute atomic E-state index is 10.7. The van der Waals surface area contributed by atoms with E-state index in [0.717, 1.165) is 6.92 Å². The van der Waals surface area contributed by atoms with Crippen LogP contribution in [0.5, 0.6) is 0 Å². The molecule has 0 saturated carbocycles. The van der Waals surface area contributed by atoms with Crippen LogP contribution in [0, 0.1) is 0 Å². The van der Waals surface area contributed by atoms with Crippen LogP contribution >= 0.6 is 39.5 Å². The number of carbonyl (C=O) groups is 1.